The fourth-order valence-corrected chi connectivity index (χ4v) is 5.07. The largest absolute Gasteiger partial charge is 0.493 e. The Bertz CT molecular complexity index is 1320. The predicted molar refractivity (Wildman–Crippen MR) is 139 cm³/mol. The van der Waals surface area contributed by atoms with E-state index in [-0.39, 0.29) is 23.3 Å². The molecule has 8 heteroatoms. The van der Waals surface area contributed by atoms with Crippen molar-refractivity contribution in [2.24, 2.45) is 11.3 Å². The maximum absolute atomic E-state index is 13.6. The van der Waals surface area contributed by atoms with Gasteiger partial charge in [-0.3, -0.25) is 9.59 Å². The number of hydrogen-bond donors (Lipinski definition) is 2. The van der Waals surface area contributed by atoms with Gasteiger partial charge in [-0.15, -0.1) is 0 Å². The lowest BCUT2D eigenvalue weighted by molar-refractivity contribution is -0.130. The monoisotopic (exact) mass is 489 g/mol. The van der Waals surface area contributed by atoms with E-state index >= 15 is 0 Å². The fourth-order valence-electron chi connectivity index (χ4n) is 5.07. The smallest absolute Gasteiger partial charge is 0.255 e. The molecule has 0 unspecified atom stereocenters. The highest BCUT2D eigenvalue weighted by Crippen LogP contribution is 2.37. The summed E-state index contributed by atoms with van der Waals surface area (Å²) < 4.78 is 6.17. The van der Waals surface area contributed by atoms with Crippen LogP contribution in [0, 0.1) is 25.2 Å². The minimum atomic E-state index is -0.226. The van der Waals surface area contributed by atoms with Crippen molar-refractivity contribution in [3.63, 3.8) is 0 Å². The Morgan fingerprint density at radius 1 is 1.22 bits per heavy atom. The normalized spacial score (nSPS) is 19.0. The third-order valence-corrected chi connectivity index (χ3v) is 7.47. The summed E-state index contributed by atoms with van der Waals surface area (Å²) in [5, 5.41) is 3.19. The number of fused-ring (bicyclic) bond motifs is 1. The van der Waals surface area contributed by atoms with Crippen molar-refractivity contribution < 1.29 is 14.3 Å². The highest BCUT2D eigenvalue weighted by molar-refractivity contribution is 6.09. The molecule has 1 saturated carbocycles. The van der Waals surface area contributed by atoms with E-state index in [2.05, 4.69) is 40.2 Å². The van der Waals surface area contributed by atoms with Gasteiger partial charge in [0.15, 0.2) is 0 Å². The van der Waals surface area contributed by atoms with E-state index in [1.165, 1.54) is 19.2 Å². The number of aromatic amines is 1. The van der Waals surface area contributed by atoms with Crippen LogP contribution in [0.2, 0.25) is 0 Å². The number of nitrogens with zero attached hydrogens (tertiary/aromatic N) is 3. The number of carbonyl (C=O) groups excluding carboxylic acids is 2. The number of aryl methyl sites for hydroxylation is 2. The molecule has 1 aliphatic carbocycles. The van der Waals surface area contributed by atoms with E-state index in [1.54, 1.807) is 0 Å². The Morgan fingerprint density at radius 2 is 2.00 bits per heavy atom. The molecule has 3 heterocycles. The second kappa shape index (κ2) is 9.22. The van der Waals surface area contributed by atoms with Crippen molar-refractivity contribution in [1.29, 1.82) is 0 Å². The van der Waals surface area contributed by atoms with E-state index in [0.29, 0.717) is 43.1 Å². The first-order chi connectivity index (χ1) is 17.2. The first-order valence-electron chi connectivity index (χ1n) is 12.8. The molecule has 0 spiro atoms. The summed E-state index contributed by atoms with van der Waals surface area (Å²) in [6, 6.07) is 5.96. The molecule has 2 fully saturated rings. The minimum absolute atomic E-state index is 0.110. The summed E-state index contributed by atoms with van der Waals surface area (Å²) in [5.41, 5.74) is 5.03. The van der Waals surface area contributed by atoms with E-state index in [4.69, 9.17) is 4.74 Å². The summed E-state index contributed by atoms with van der Waals surface area (Å²) in [4.78, 5) is 40.2. The third kappa shape index (κ3) is 4.56. The number of nitrogens with one attached hydrogen (secondary N) is 2. The Balaban J connectivity index is 1.47. The van der Waals surface area contributed by atoms with Crippen molar-refractivity contribution in [3.8, 4) is 17.0 Å². The van der Waals surface area contributed by atoms with Crippen LogP contribution in [0.1, 0.15) is 61.6 Å². The Labute approximate surface area is 211 Å². The fraction of sp³-hybridized carbons (Fsp3) is 0.500. The molecule has 1 atom stereocenters. The number of aromatic nitrogens is 3. The quantitative estimate of drug-likeness (QED) is 0.512. The van der Waals surface area contributed by atoms with Gasteiger partial charge in [-0.2, -0.15) is 0 Å². The molecule has 1 aromatic carbocycles. The number of ether oxygens (including phenoxy) is 1. The standard InChI is InChI=1S/C28H35N5O3/c1-6-22(34)33-12-21(28(4,5)14-33)32-27(35)23-17(3)31-26-24(29-15-30-25(23)26)19-11-16(2)7-10-20(19)36-13-18-8-9-18/h7,10-11,15,18,21,31H,6,8-9,12-14H2,1-5H3,(H,32,35)/t21-/m1/s1. The van der Waals surface area contributed by atoms with Crippen molar-refractivity contribution in [2.75, 3.05) is 19.7 Å². The summed E-state index contributed by atoms with van der Waals surface area (Å²) in [6.45, 7) is 11.8. The second-order valence-electron chi connectivity index (χ2n) is 11.0. The van der Waals surface area contributed by atoms with E-state index in [1.807, 2.05) is 37.8 Å². The molecule has 1 aliphatic heterocycles. The zero-order valence-corrected chi connectivity index (χ0v) is 21.8. The number of hydrogen-bond acceptors (Lipinski definition) is 5. The third-order valence-electron chi connectivity index (χ3n) is 7.47. The van der Waals surface area contributed by atoms with Gasteiger partial charge in [0.1, 0.15) is 23.3 Å². The lowest BCUT2D eigenvalue weighted by Crippen LogP contribution is -2.44. The van der Waals surface area contributed by atoms with Crippen molar-refractivity contribution in [2.45, 2.75) is 59.9 Å². The number of likely N-dealkylation sites (tertiary alicyclic amines) is 1. The van der Waals surface area contributed by atoms with Gasteiger partial charge >= 0.3 is 0 Å². The molecule has 8 nitrogen and oxygen atoms in total. The molecule has 36 heavy (non-hydrogen) atoms. The number of benzene rings is 1. The number of rotatable bonds is 7. The maximum atomic E-state index is 13.6. The molecule has 2 N–H and O–H groups in total. The Kier molecular flexibility index (Phi) is 6.22. The topological polar surface area (TPSA) is 100 Å². The van der Waals surface area contributed by atoms with Crippen LogP contribution in [-0.4, -0.2) is 57.4 Å². The Morgan fingerprint density at radius 3 is 2.72 bits per heavy atom. The van der Waals surface area contributed by atoms with Gasteiger partial charge in [0.05, 0.1) is 23.7 Å². The summed E-state index contributed by atoms with van der Waals surface area (Å²) in [7, 11) is 0. The first kappa shape index (κ1) is 24.3. The van der Waals surface area contributed by atoms with Gasteiger partial charge in [0.25, 0.3) is 5.91 Å². The Hall–Kier alpha value is -3.42. The number of carbonyl (C=O) groups is 2. The van der Waals surface area contributed by atoms with Crippen molar-refractivity contribution in [3.05, 3.63) is 41.3 Å². The second-order valence-corrected chi connectivity index (χ2v) is 11.0. The lowest BCUT2D eigenvalue weighted by Gasteiger charge is -2.26. The molecule has 2 aliphatic rings. The van der Waals surface area contributed by atoms with Crippen LogP contribution in [0.3, 0.4) is 0 Å². The lowest BCUT2D eigenvalue weighted by atomic mass is 9.87. The molecular weight excluding hydrogens is 454 g/mol. The van der Waals surface area contributed by atoms with Crippen LogP contribution in [0.25, 0.3) is 22.3 Å². The van der Waals surface area contributed by atoms with Crippen LogP contribution < -0.4 is 10.1 Å². The van der Waals surface area contributed by atoms with Gasteiger partial charge in [-0.1, -0.05) is 32.4 Å². The van der Waals surface area contributed by atoms with Crippen LogP contribution >= 0.6 is 0 Å². The van der Waals surface area contributed by atoms with Crippen LogP contribution in [-0.2, 0) is 4.79 Å². The maximum Gasteiger partial charge on any atom is 0.255 e. The number of amides is 2. The predicted octanol–water partition coefficient (Wildman–Crippen LogP) is 4.41. The summed E-state index contributed by atoms with van der Waals surface area (Å²) >= 11 is 0. The molecule has 3 aromatic rings. The van der Waals surface area contributed by atoms with E-state index in [9.17, 15) is 9.59 Å². The van der Waals surface area contributed by atoms with Crippen LogP contribution in [0.5, 0.6) is 5.75 Å². The van der Waals surface area contributed by atoms with Crippen molar-refractivity contribution in [1.82, 2.24) is 25.2 Å². The highest BCUT2D eigenvalue weighted by atomic mass is 16.5. The zero-order valence-electron chi connectivity index (χ0n) is 21.8. The first-order valence-corrected chi connectivity index (χ1v) is 12.8. The molecule has 1 saturated heterocycles. The number of H-pyrrole nitrogens is 1. The zero-order chi connectivity index (χ0) is 25.6. The van der Waals surface area contributed by atoms with Gasteiger partial charge < -0.3 is 19.9 Å². The molecule has 2 aromatic heterocycles. The van der Waals surface area contributed by atoms with Crippen molar-refractivity contribution >= 4 is 22.8 Å². The SMILES string of the molecule is CCC(=O)N1C[C@@H](NC(=O)c2c(C)[nH]c3c(-c4cc(C)ccc4OCC4CC4)ncnc23)C(C)(C)C1. The highest BCUT2D eigenvalue weighted by Gasteiger charge is 2.42. The van der Waals surface area contributed by atoms with Gasteiger partial charge in [-0.25, -0.2) is 9.97 Å². The van der Waals surface area contributed by atoms with E-state index in [0.717, 1.165) is 33.8 Å². The molecule has 5 rings (SSSR count). The van der Waals surface area contributed by atoms with Crippen LogP contribution in [0.4, 0.5) is 0 Å². The molecule has 190 valence electrons. The summed E-state index contributed by atoms with van der Waals surface area (Å²) in [5.74, 6) is 1.34. The van der Waals surface area contributed by atoms with Crippen LogP contribution in [0.15, 0.2) is 24.5 Å². The summed E-state index contributed by atoms with van der Waals surface area (Å²) in [6.07, 6.45) is 4.41. The average molecular weight is 490 g/mol. The van der Waals surface area contributed by atoms with Gasteiger partial charge in [0, 0.05) is 36.2 Å². The molecule has 2 amide bonds. The van der Waals surface area contributed by atoms with Gasteiger partial charge in [0.2, 0.25) is 5.91 Å². The molecular formula is C28H35N5O3. The minimum Gasteiger partial charge on any atom is -0.493 e. The average Bonchev–Trinajstić information content (AvgIpc) is 3.53. The molecule has 0 bridgehead atoms. The molecule has 0 radical (unpaired) electrons. The van der Waals surface area contributed by atoms with Gasteiger partial charge in [-0.05, 0) is 44.7 Å². The van der Waals surface area contributed by atoms with E-state index < -0.39 is 0 Å².